The molecule has 1 saturated heterocycles. The number of carbonyl (C=O) groups excluding carboxylic acids is 20. The van der Waals surface area contributed by atoms with Gasteiger partial charge in [-0.1, -0.05) is 59.7 Å². The summed E-state index contributed by atoms with van der Waals surface area (Å²) in [6.45, 7) is 11.0. The highest BCUT2D eigenvalue weighted by molar-refractivity contribution is 7.80. The van der Waals surface area contributed by atoms with Crippen LogP contribution in [0.25, 0.3) is 10.9 Å². The van der Waals surface area contributed by atoms with E-state index in [1.165, 1.54) is 6.92 Å². The quantitative estimate of drug-likeness (QED) is 0.0127. The number of likely N-dealkylation sites (tertiary alicyclic amines) is 1. The minimum atomic E-state index is -1.85. The number of rotatable bonds is 68. The number of H-pyrrole nitrogens is 1. The largest absolute Gasteiger partial charge is 0.481 e. The van der Waals surface area contributed by atoms with Crippen LogP contribution < -0.4 is 136 Å². The molecule has 804 valence electrons. The Balaban J connectivity index is 1.92. The number of carboxylic acids is 2. The molecule has 1 aliphatic rings. The normalized spacial score (nSPS) is 15.6. The van der Waals surface area contributed by atoms with Gasteiger partial charge in [0, 0.05) is 73.9 Å². The van der Waals surface area contributed by atoms with Gasteiger partial charge in [-0.05, 0) is 146 Å². The summed E-state index contributed by atoms with van der Waals surface area (Å²) in [6, 6.07) is -18.2. The summed E-state index contributed by atoms with van der Waals surface area (Å²) in [5, 5.41) is 90.6. The molecule has 0 saturated carbocycles. The van der Waals surface area contributed by atoms with Crippen molar-refractivity contribution in [3.63, 3.8) is 0 Å². The predicted molar refractivity (Wildman–Crippen MR) is 528 cm³/mol. The number of thiol groups is 2. The molecule has 56 heteroatoms. The highest BCUT2D eigenvalue weighted by atomic mass is 32.1. The van der Waals surface area contributed by atoms with E-state index in [1.54, 1.807) is 72.0 Å². The smallest absolute Gasteiger partial charge is 0.326 e. The number of fused-ring (bicyclic) bond motifs is 1. The van der Waals surface area contributed by atoms with Gasteiger partial charge in [-0.15, -0.1) is 0 Å². The second kappa shape index (κ2) is 64.0. The SMILES string of the molecule is CC(C)C[C@H](NC(=O)[C@H](Cc1c[nH]c2ccccc12)NC(=O)[C@H](CCC(N)=O)NC(=O)[C@H](CCCNC(=N)N)NC(=O)[C@H](CC(C)C)NC(=O)[C@@H](NC(=O)[C@@H]1CCCN1C(=O)CNC(=O)CNC(=O)[C@H](CC(=O)O)NC(=O)[C@H](CCCNC(=N)N)NC(=O)[C@@H](N)CS)[C@@H](C)O)C(=O)N[C@@H](C)C(=O)N[C@@H](CS)C(=O)N[C@@H](CC(C)C)C(=O)N[C@@H](CCC(N)=O)C(=O)N[C@@H](CCC(N)=O)C(=O)N[C@@H](CCCCN)C(=O)O. The molecule has 1 aromatic carbocycles. The Bertz CT molecular complexity index is 4800. The molecule has 1 fully saturated rings. The van der Waals surface area contributed by atoms with Gasteiger partial charge >= 0.3 is 11.9 Å². The number of unbranched alkanes of at least 4 members (excludes halogenated alkanes) is 1. The summed E-state index contributed by atoms with van der Waals surface area (Å²) in [5.74, 6) is -25.6. The molecule has 2 aromatic rings. The Kier molecular flexibility index (Phi) is 55.3. The second-order valence-electron chi connectivity index (χ2n) is 36.1. The maximum atomic E-state index is 15.1. The molecular formula is C88H145N29O25S2. The van der Waals surface area contributed by atoms with Gasteiger partial charge in [-0.25, -0.2) is 4.79 Å². The van der Waals surface area contributed by atoms with Gasteiger partial charge in [-0.3, -0.25) is 112 Å². The molecule has 0 bridgehead atoms. The number of benzene rings is 1. The summed E-state index contributed by atoms with van der Waals surface area (Å²) in [6.07, 6.45) is -4.35. The molecule has 54 nitrogen and oxygen atoms in total. The molecule has 17 atom stereocenters. The summed E-state index contributed by atoms with van der Waals surface area (Å²) >= 11 is 8.27. The zero-order valence-electron chi connectivity index (χ0n) is 81.9. The molecule has 0 radical (unpaired) electrons. The molecular weight excluding hydrogens is 1930 g/mol. The number of aromatic amines is 1. The number of para-hydroxylation sites is 1. The number of nitrogens with two attached hydrogens (primary N) is 7. The first-order valence-electron chi connectivity index (χ1n) is 47.2. The fraction of sp³-hybridized carbons (Fsp3) is 0.636. The number of hydrogen-bond donors (Lipinski definition) is 33. The number of nitrogens with zero attached hydrogens (tertiary/aromatic N) is 1. The van der Waals surface area contributed by atoms with Crippen molar-refractivity contribution in [2.45, 2.75) is 287 Å². The lowest BCUT2D eigenvalue weighted by Crippen LogP contribution is -2.61. The van der Waals surface area contributed by atoms with Crippen molar-refractivity contribution >= 4 is 178 Å². The van der Waals surface area contributed by atoms with Crippen LogP contribution in [0, 0.1) is 28.6 Å². The lowest BCUT2D eigenvalue weighted by atomic mass is 9.99. The monoisotopic (exact) mass is 2070 g/mol. The number of aliphatic hydroxyl groups is 1. The van der Waals surface area contributed by atoms with Gasteiger partial charge in [0.15, 0.2) is 11.9 Å². The lowest BCUT2D eigenvalue weighted by Gasteiger charge is -2.30. The van der Waals surface area contributed by atoms with E-state index in [-0.39, 0.29) is 120 Å². The van der Waals surface area contributed by atoms with Gasteiger partial charge in [0.2, 0.25) is 118 Å². The highest BCUT2D eigenvalue weighted by Crippen LogP contribution is 2.23. The third-order valence-corrected chi connectivity index (χ3v) is 23.2. The zero-order chi connectivity index (χ0) is 108. The Morgan fingerprint density at radius 3 is 1.26 bits per heavy atom. The molecule has 20 amide bonds. The average molecular weight is 2070 g/mol. The molecule has 144 heavy (non-hydrogen) atoms. The Morgan fingerprint density at radius 1 is 0.438 bits per heavy atom. The minimum absolute atomic E-state index is 0.000438. The standard InChI is InChI=1S/C88H145N29O25S2/c1-42(2)32-57(79(134)103-45(7)71(126)115-62(41-144)83(138)111-58(33-43(3)4)80(135)108-53(22-25-64(91)119)76(131)107-54(23-26-65(92)120)77(132)109-56(86(141)142)18-11-12-28-89)110-82(137)60(35-47-37-100-50-17-10-9-16-48(47)50)112-78(133)55(24-27-66(93)121)106-74(129)52(20-14-30-99-88(96)97)105-81(136)59(34-44(5)6)114-85(140)70(46(8)118)116-84(139)63-21-15-31-117(63)68(123)39-101-67(122)38-102-73(128)61(36-69(124)125)113-75(130)51(19-13-29-98-87(94)95)104-72(127)49(90)40-143/h9-10,16-17,37,42-46,49,51-63,70,100,118,143-144H,11-15,18-36,38-41,89-90H2,1-8H3,(H2,91,119)(H2,92,120)(H2,93,121)(H,101,122)(H,102,128)(H,103,134)(H,104,127)(H,105,136)(H,106,129)(H,107,131)(H,108,135)(H,109,132)(H,110,137)(H,111,138)(H,112,133)(H,113,130)(H,114,140)(H,115,126)(H,116,139)(H,124,125)(H,141,142)(H4,94,95,98)(H4,96,97,99)/t45-,46+,49-,51-,52-,53-,54-,55-,56-,57-,58-,59-,60-,61-,62-,63-,70-/m0/s1. The fourth-order valence-electron chi connectivity index (χ4n) is 14.8. The zero-order valence-corrected chi connectivity index (χ0v) is 83.7. The number of carboxylic acid groups (broad SMARTS) is 2. The number of carbonyl (C=O) groups is 22. The summed E-state index contributed by atoms with van der Waals surface area (Å²) in [7, 11) is 0. The minimum Gasteiger partial charge on any atom is -0.481 e. The Labute approximate surface area is 842 Å². The third-order valence-electron chi connectivity index (χ3n) is 22.4. The van der Waals surface area contributed by atoms with Crippen LogP contribution in [0.15, 0.2) is 30.5 Å². The molecule has 1 aromatic heterocycles. The van der Waals surface area contributed by atoms with Gasteiger partial charge in [0.05, 0.1) is 31.7 Å². The van der Waals surface area contributed by atoms with Crippen LogP contribution in [-0.4, -0.2) is 321 Å². The van der Waals surface area contributed by atoms with Gasteiger partial charge in [-0.2, -0.15) is 25.3 Å². The van der Waals surface area contributed by atoms with Crippen molar-refractivity contribution < 1.29 is 121 Å². The Morgan fingerprint density at radius 2 is 0.833 bits per heavy atom. The maximum Gasteiger partial charge on any atom is 0.326 e. The number of nitrogens with one attached hydrogen (secondary N) is 21. The van der Waals surface area contributed by atoms with E-state index in [2.05, 4.69) is 126 Å². The second-order valence-corrected chi connectivity index (χ2v) is 36.8. The number of amides is 20. The van der Waals surface area contributed by atoms with Gasteiger partial charge in [0.1, 0.15) is 90.6 Å². The van der Waals surface area contributed by atoms with Crippen molar-refractivity contribution in [3.05, 3.63) is 36.0 Å². The topological polar surface area (TPSA) is 902 Å². The summed E-state index contributed by atoms with van der Waals surface area (Å²) in [4.78, 5) is 304. The molecule has 0 unspecified atom stereocenters. The molecule has 3 rings (SSSR count). The van der Waals surface area contributed by atoms with Crippen molar-refractivity contribution in [1.82, 2.24) is 106 Å². The first-order chi connectivity index (χ1) is 67.7. The summed E-state index contributed by atoms with van der Waals surface area (Å²) in [5.41, 5.74) is 39.7. The van der Waals surface area contributed by atoms with Crippen LogP contribution in [0.5, 0.6) is 0 Å². The predicted octanol–water partition coefficient (Wildman–Crippen LogP) is -9.54. The van der Waals surface area contributed by atoms with Crippen LogP contribution in [0.4, 0.5) is 0 Å². The van der Waals surface area contributed by atoms with E-state index < -0.39 is 309 Å². The van der Waals surface area contributed by atoms with E-state index in [9.17, 15) is 111 Å². The molecule has 1 aliphatic heterocycles. The average Bonchev–Trinajstić information content (AvgIpc) is 1.68. The van der Waals surface area contributed by atoms with Crippen molar-refractivity contribution in [2.75, 3.05) is 50.8 Å². The van der Waals surface area contributed by atoms with E-state index in [0.29, 0.717) is 29.3 Å². The van der Waals surface area contributed by atoms with Gasteiger partial charge in [0.25, 0.3) is 0 Å². The van der Waals surface area contributed by atoms with Gasteiger partial charge < -0.3 is 161 Å². The van der Waals surface area contributed by atoms with Crippen molar-refractivity contribution in [3.8, 4) is 0 Å². The van der Waals surface area contributed by atoms with Crippen LogP contribution in [0.2, 0.25) is 0 Å². The van der Waals surface area contributed by atoms with Crippen molar-refractivity contribution in [1.29, 1.82) is 10.8 Å². The number of aliphatic carboxylic acids is 2. The maximum absolute atomic E-state index is 15.1. The Hall–Kier alpha value is -13.8. The van der Waals surface area contributed by atoms with Crippen LogP contribution >= 0.6 is 25.3 Å². The summed E-state index contributed by atoms with van der Waals surface area (Å²) < 4.78 is 0. The van der Waals surface area contributed by atoms with Crippen LogP contribution in [-0.2, 0) is 112 Å². The van der Waals surface area contributed by atoms with E-state index in [1.807, 2.05) is 0 Å². The highest BCUT2D eigenvalue weighted by Gasteiger charge is 2.42. The van der Waals surface area contributed by atoms with E-state index in [0.717, 1.165) is 11.8 Å². The third kappa shape index (κ3) is 46.1. The van der Waals surface area contributed by atoms with Crippen LogP contribution in [0.1, 0.15) is 183 Å². The number of aliphatic hydroxyl groups excluding tert-OH is 1. The first kappa shape index (κ1) is 124. The molecule has 38 N–H and O–H groups in total. The molecule has 0 spiro atoms. The first-order valence-corrected chi connectivity index (χ1v) is 48.4. The van der Waals surface area contributed by atoms with Crippen LogP contribution in [0.3, 0.4) is 0 Å². The number of primary amides is 3. The number of aromatic nitrogens is 1. The fourth-order valence-corrected chi connectivity index (χ4v) is 15.2. The van der Waals surface area contributed by atoms with Crippen molar-refractivity contribution in [2.24, 2.45) is 57.9 Å². The molecule has 2 heterocycles. The molecule has 0 aliphatic carbocycles. The van der Waals surface area contributed by atoms with E-state index in [4.69, 9.17) is 51.0 Å². The lowest BCUT2D eigenvalue weighted by molar-refractivity contribution is -0.143. The number of guanidine groups is 2. The van der Waals surface area contributed by atoms with E-state index >= 15 is 9.59 Å². The number of hydrogen-bond acceptors (Lipinski definition) is 29.